The molecule has 8 heteroatoms. The molecule has 0 amide bonds. The zero-order valence-electron chi connectivity index (χ0n) is 5.33. The third kappa shape index (κ3) is 8.39. The van der Waals surface area contributed by atoms with Crippen LogP contribution in [-0.4, -0.2) is 61.2 Å². The van der Waals surface area contributed by atoms with Gasteiger partial charge in [-0.3, -0.25) is 0 Å². The molecule has 9 heavy (non-hydrogen) atoms. The first-order chi connectivity index (χ1) is 4.41. The van der Waals surface area contributed by atoms with E-state index in [0.29, 0.717) is 0 Å². The Balaban J connectivity index is 3.46. The van der Waals surface area contributed by atoms with Gasteiger partial charge in [-0.15, -0.1) is 0 Å². The molecule has 30 valence electrons. The standard InChI is InChI=1S/CH2B8/c1-3-5-7-9-8-6-4-2/h1H2. The molecule has 0 aromatic rings. The Kier molecular flexibility index (Phi) is 8.75. The monoisotopic (exact) mass is 102 g/mol. The first-order valence-corrected chi connectivity index (χ1v) is 2.74. The van der Waals surface area contributed by atoms with Crippen molar-refractivity contribution in [2.75, 3.05) is 0 Å². The third-order valence-corrected chi connectivity index (χ3v) is 0.692. The van der Waals surface area contributed by atoms with Crippen LogP contribution in [0.15, 0.2) is 0 Å². The van der Waals surface area contributed by atoms with E-state index in [9.17, 15) is 0 Å². The average Bonchev–Trinajstić information content (AvgIpc) is 1.89. The van der Waals surface area contributed by atoms with Gasteiger partial charge < -0.3 is 0 Å². The molecule has 0 heterocycles. The van der Waals surface area contributed by atoms with Gasteiger partial charge in [-0.1, -0.05) is 0 Å². The second-order valence-electron chi connectivity index (χ2n) is 1.39. The fourth-order valence-electron chi connectivity index (χ4n) is 0.335. The molecule has 0 fully saturated rings. The molecule has 2 radical (unpaired) electrons. The van der Waals surface area contributed by atoms with Gasteiger partial charge in [0.1, 0.15) is 0 Å². The molecule has 0 atom stereocenters. The van der Waals surface area contributed by atoms with Crippen molar-refractivity contribution in [2.24, 2.45) is 0 Å². The van der Waals surface area contributed by atoms with Crippen molar-refractivity contribution in [1.29, 1.82) is 0 Å². The summed E-state index contributed by atoms with van der Waals surface area (Å²) in [4.78, 5) is 0. The quantitative estimate of drug-likeness (QED) is 0.330. The number of rotatable bonds is 3. The molecule has 0 N–H and O–H groups in total. The molecule has 0 aliphatic rings. The third-order valence-electron chi connectivity index (χ3n) is 0.692. The molecule has 0 rings (SSSR count). The molecular formula is CH2B8. The van der Waals surface area contributed by atoms with Crippen LogP contribution in [0.4, 0.5) is 0 Å². The predicted octanol–water partition coefficient (Wildman–Crippen LogP) is -3.08. The average molecular weight is 101 g/mol. The first-order valence-electron chi connectivity index (χ1n) is 2.74. The minimum absolute atomic E-state index is 1.48. The fourth-order valence-corrected chi connectivity index (χ4v) is 0.335. The van der Waals surface area contributed by atoms with Crippen molar-refractivity contribution >= 4 is 61.2 Å². The first kappa shape index (κ1) is 9.39. The van der Waals surface area contributed by atoms with Gasteiger partial charge in [0, 0.05) is 0 Å². The van der Waals surface area contributed by atoms with Gasteiger partial charge in [0.05, 0.1) is 0 Å². The summed E-state index contributed by atoms with van der Waals surface area (Å²) >= 11 is 0. The molecule has 0 saturated heterocycles. The Hall–Kier alpha value is 0.389. The second-order valence-corrected chi connectivity index (χ2v) is 1.39. The van der Waals surface area contributed by atoms with Gasteiger partial charge in [-0.05, 0) is 0 Å². The molecule has 0 saturated carbocycles. The molecule has 0 aromatic heterocycles. The van der Waals surface area contributed by atoms with Crippen molar-refractivity contribution < 1.29 is 0 Å². The van der Waals surface area contributed by atoms with E-state index in [1.165, 1.54) is 6.69 Å². The summed E-state index contributed by atoms with van der Waals surface area (Å²) in [5.41, 5.74) is 0. The van der Waals surface area contributed by atoms with Crippen LogP contribution in [0.2, 0.25) is 0 Å². The van der Waals surface area contributed by atoms with E-state index in [-0.39, 0.29) is 0 Å². The van der Waals surface area contributed by atoms with Crippen LogP contribution in [0.5, 0.6) is 0 Å². The minimum atomic E-state index is 1.48. The van der Waals surface area contributed by atoms with E-state index in [2.05, 4.69) is 6.47 Å². The van der Waals surface area contributed by atoms with E-state index >= 15 is 0 Å². The van der Waals surface area contributed by atoms with Crippen molar-refractivity contribution in [1.82, 2.24) is 0 Å². The Labute approximate surface area is 61.8 Å². The second kappa shape index (κ2) is 8.39. The van der Waals surface area contributed by atoms with Crippen LogP contribution in [0.1, 0.15) is 0 Å². The summed E-state index contributed by atoms with van der Waals surface area (Å²) in [6, 6.07) is 0. The molecule has 0 bridgehead atoms. The van der Waals surface area contributed by atoms with E-state index in [1.54, 1.807) is 13.5 Å². The van der Waals surface area contributed by atoms with Gasteiger partial charge in [0.2, 0.25) is 0 Å². The van der Waals surface area contributed by atoms with Crippen LogP contribution in [0, 0.1) is 0 Å². The Morgan fingerprint density at radius 3 is 2.00 bits per heavy atom. The summed E-state index contributed by atoms with van der Waals surface area (Å²) in [5, 5.41) is 0. The van der Waals surface area contributed by atoms with E-state index in [0.717, 1.165) is 0 Å². The maximum absolute atomic E-state index is 5.07. The molecule has 0 aliphatic carbocycles. The van der Waals surface area contributed by atoms with Crippen LogP contribution in [0.3, 0.4) is 0 Å². The molecule has 0 aromatic carbocycles. The summed E-state index contributed by atoms with van der Waals surface area (Å²) in [6.45, 7) is 15.9. The predicted molar refractivity (Wildman–Crippen MR) is 53.2 cm³/mol. The maximum atomic E-state index is 5.07. The van der Waals surface area contributed by atoms with Gasteiger partial charge in [-0.25, -0.2) is 0 Å². The van der Waals surface area contributed by atoms with E-state index in [1.807, 2.05) is 26.8 Å². The molecule has 0 nitrogen and oxygen atoms in total. The normalized spacial score (nSPS) is 6.22. The van der Waals surface area contributed by atoms with Crippen molar-refractivity contribution in [3.05, 3.63) is 0 Å². The fraction of sp³-hybridized carbons (Fsp3) is 0. The summed E-state index contributed by atoms with van der Waals surface area (Å²) in [5.74, 6) is 0. The van der Waals surface area contributed by atoms with E-state index in [4.69, 9.17) is 7.74 Å². The van der Waals surface area contributed by atoms with Crippen molar-refractivity contribution in [3.63, 3.8) is 0 Å². The summed E-state index contributed by atoms with van der Waals surface area (Å²) in [7, 11) is 5.07. The summed E-state index contributed by atoms with van der Waals surface area (Å²) < 4.78 is 0. The molecule has 0 spiro atoms. The van der Waals surface area contributed by atoms with Gasteiger partial charge in [0.15, 0.2) is 0 Å². The molecule has 0 aliphatic heterocycles. The topological polar surface area (TPSA) is 0 Å². The van der Waals surface area contributed by atoms with Crippen LogP contribution < -0.4 is 0 Å². The Morgan fingerprint density at radius 2 is 1.44 bits per heavy atom. The Bertz CT molecular complexity index is 141. The van der Waals surface area contributed by atoms with Crippen molar-refractivity contribution in [3.8, 4) is 0 Å². The van der Waals surface area contributed by atoms with Crippen LogP contribution >= 0.6 is 0 Å². The van der Waals surface area contributed by atoms with Crippen LogP contribution in [-0.2, 0) is 0 Å². The molecular weight excluding hydrogens is 98.5 g/mol. The molecule has 0 unspecified atom stereocenters. The Morgan fingerprint density at radius 1 is 0.889 bits per heavy atom. The van der Waals surface area contributed by atoms with Crippen LogP contribution in [0.25, 0.3) is 0 Å². The van der Waals surface area contributed by atoms with Crippen molar-refractivity contribution in [2.45, 2.75) is 0 Å². The summed E-state index contributed by atoms with van der Waals surface area (Å²) in [6.07, 6.45) is 0. The zero-order chi connectivity index (χ0) is 6.95. The SMILES string of the molecule is [B]B=BB=BB=BB=C. The zero-order valence-corrected chi connectivity index (χ0v) is 5.33. The van der Waals surface area contributed by atoms with Gasteiger partial charge in [0.25, 0.3) is 0 Å². The number of hydrogen-bond acceptors (Lipinski definition) is 0. The van der Waals surface area contributed by atoms with Gasteiger partial charge >= 0.3 is 61.2 Å². The van der Waals surface area contributed by atoms with E-state index < -0.39 is 0 Å². The van der Waals surface area contributed by atoms with Gasteiger partial charge in [-0.2, -0.15) is 0 Å². The number of hydrogen-bond donors (Lipinski definition) is 0.